The molecule has 0 aromatic heterocycles. The molecule has 2 aliphatic heterocycles. The van der Waals surface area contributed by atoms with E-state index in [1.807, 2.05) is 11.0 Å². The Hall–Kier alpha value is -2.12. The predicted molar refractivity (Wildman–Crippen MR) is 120 cm³/mol. The molecule has 2 saturated heterocycles. The van der Waals surface area contributed by atoms with Crippen LogP contribution in [0.3, 0.4) is 0 Å². The third kappa shape index (κ3) is 5.21. The molecule has 0 radical (unpaired) electrons. The number of amides is 2. The van der Waals surface area contributed by atoms with E-state index < -0.39 is 12.5 Å². The van der Waals surface area contributed by atoms with Crippen molar-refractivity contribution in [3.63, 3.8) is 0 Å². The van der Waals surface area contributed by atoms with Gasteiger partial charge in [0.05, 0.1) is 5.56 Å². The van der Waals surface area contributed by atoms with Gasteiger partial charge in [-0.1, -0.05) is 38.8 Å². The van der Waals surface area contributed by atoms with Gasteiger partial charge in [-0.2, -0.15) is 0 Å². The third-order valence-corrected chi connectivity index (χ3v) is 7.41. The van der Waals surface area contributed by atoms with E-state index in [0.29, 0.717) is 31.1 Å². The topological polar surface area (TPSA) is 107 Å². The maximum atomic E-state index is 12.3. The quantitative estimate of drug-likeness (QED) is 0.528. The number of carbonyl (C=O) groups is 2. The Labute approximate surface area is 185 Å². The highest BCUT2D eigenvalue weighted by Gasteiger charge is 2.41. The van der Waals surface area contributed by atoms with E-state index in [4.69, 9.17) is 5.73 Å². The third-order valence-electron chi connectivity index (χ3n) is 7.41. The van der Waals surface area contributed by atoms with Gasteiger partial charge >= 0.3 is 0 Å². The molecule has 2 bridgehead atoms. The van der Waals surface area contributed by atoms with Crippen molar-refractivity contribution >= 4 is 11.8 Å². The zero-order chi connectivity index (χ0) is 22.5. The summed E-state index contributed by atoms with van der Waals surface area (Å²) in [5.74, 6) is -0.114. The van der Waals surface area contributed by atoms with Gasteiger partial charge in [0.25, 0.3) is 5.91 Å². The second kappa shape index (κ2) is 10.5. The van der Waals surface area contributed by atoms with E-state index >= 15 is 0 Å². The zero-order valence-electron chi connectivity index (χ0n) is 18.8. The summed E-state index contributed by atoms with van der Waals surface area (Å²) in [5.41, 5.74) is 6.41. The molecule has 31 heavy (non-hydrogen) atoms. The molecule has 2 heterocycles. The van der Waals surface area contributed by atoms with Crippen LogP contribution in [0.2, 0.25) is 0 Å². The smallest absolute Gasteiger partial charge is 0.252 e. The second-order valence-electron chi connectivity index (χ2n) is 9.08. The molecule has 0 saturated carbocycles. The Kier molecular flexibility index (Phi) is 7.94. The minimum absolute atomic E-state index is 0.0257. The fraction of sp³-hybridized carbons (Fsp3) is 0.667. The summed E-state index contributed by atoms with van der Waals surface area (Å²) >= 11 is 0. The first kappa shape index (κ1) is 23.5. The number of rotatable bonds is 10. The molecular weight excluding hydrogens is 394 g/mol. The minimum Gasteiger partial charge on any atom is -0.507 e. The number of primary amides is 1. The van der Waals surface area contributed by atoms with Crippen LogP contribution in [0.15, 0.2) is 18.2 Å². The first-order chi connectivity index (χ1) is 14.9. The van der Waals surface area contributed by atoms with Crippen molar-refractivity contribution in [3.8, 4) is 5.75 Å². The molecule has 0 aliphatic carbocycles. The van der Waals surface area contributed by atoms with Gasteiger partial charge in [0.15, 0.2) is 0 Å². The molecule has 1 aromatic carbocycles. The van der Waals surface area contributed by atoms with Crippen LogP contribution in [0.25, 0.3) is 0 Å². The first-order valence-corrected chi connectivity index (χ1v) is 11.7. The van der Waals surface area contributed by atoms with Crippen LogP contribution in [-0.4, -0.2) is 70.2 Å². The Balaban J connectivity index is 1.66. The van der Waals surface area contributed by atoms with Crippen LogP contribution >= 0.6 is 0 Å². The number of phenols is 1. The van der Waals surface area contributed by atoms with Crippen molar-refractivity contribution in [2.45, 2.75) is 70.4 Å². The number of nitrogens with two attached hydrogens (primary N) is 1. The molecule has 7 nitrogen and oxygen atoms in total. The fourth-order valence-electron chi connectivity index (χ4n) is 5.50. The van der Waals surface area contributed by atoms with Gasteiger partial charge in [-0.3, -0.25) is 14.5 Å². The molecular formula is C24H37N3O4. The molecule has 2 aliphatic rings. The normalized spacial score (nSPS) is 23.3. The summed E-state index contributed by atoms with van der Waals surface area (Å²) in [4.78, 5) is 28.2. The van der Waals surface area contributed by atoms with E-state index in [0.717, 1.165) is 50.6 Å². The number of carbonyl (C=O) groups excluding carboxylic acids is 2. The standard InChI is InChI=1S/C24H37N3O4/c1-3-16(4-2)14-26(22(29)15-28)10-11-27-18-8-9-19(27)13-17(12-18)20-6-5-7-21(23(20)30)24(25)31/h5-7,16-19,28,30H,3-4,8-15H2,1-2H3,(H2,25,31). The maximum absolute atomic E-state index is 12.3. The van der Waals surface area contributed by atoms with Gasteiger partial charge in [-0.25, -0.2) is 0 Å². The SMILES string of the molecule is CCC(CC)CN(CCN1C2CCC1CC(c1cccc(C(N)=O)c1O)C2)C(=O)CO. The minimum atomic E-state index is -0.606. The van der Waals surface area contributed by atoms with Crippen molar-refractivity contribution < 1.29 is 19.8 Å². The van der Waals surface area contributed by atoms with Gasteiger partial charge in [-0.05, 0) is 49.1 Å². The van der Waals surface area contributed by atoms with E-state index in [1.54, 1.807) is 12.1 Å². The predicted octanol–water partition coefficient (Wildman–Crippen LogP) is 2.46. The van der Waals surface area contributed by atoms with Gasteiger partial charge in [-0.15, -0.1) is 0 Å². The largest absolute Gasteiger partial charge is 0.507 e. The number of aromatic hydroxyl groups is 1. The lowest BCUT2D eigenvalue weighted by Gasteiger charge is -2.40. The highest BCUT2D eigenvalue weighted by molar-refractivity contribution is 5.96. The highest BCUT2D eigenvalue weighted by Crippen LogP contribution is 2.45. The molecule has 7 heteroatoms. The van der Waals surface area contributed by atoms with Crippen molar-refractivity contribution in [3.05, 3.63) is 29.3 Å². The number of piperidine rings is 1. The summed E-state index contributed by atoms with van der Waals surface area (Å²) in [6.45, 7) is 5.99. The lowest BCUT2D eigenvalue weighted by atomic mass is 9.83. The highest BCUT2D eigenvalue weighted by atomic mass is 16.3. The van der Waals surface area contributed by atoms with Crippen LogP contribution in [-0.2, 0) is 4.79 Å². The number of benzene rings is 1. The number of para-hydroxylation sites is 1. The Morgan fingerprint density at radius 2 is 1.84 bits per heavy atom. The molecule has 4 N–H and O–H groups in total. The molecule has 2 atom stereocenters. The summed E-state index contributed by atoms with van der Waals surface area (Å²) < 4.78 is 0. The number of hydrogen-bond donors (Lipinski definition) is 3. The average Bonchev–Trinajstić information content (AvgIpc) is 3.00. The lowest BCUT2D eigenvalue weighted by molar-refractivity contribution is -0.135. The van der Waals surface area contributed by atoms with E-state index in [2.05, 4.69) is 18.7 Å². The fourth-order valence-corrected chi connectivity index (χ4v) is 5.50. The first-order valence-electron chi connectivity index (χ1n) is 11.7. The summed E-state index contributed by atoms with van der Waals surface area (Å²) in [6, 6.07) is 6.06. The number of aliphatic hydroxyl groups excluding tert-OH is 1. The van der Waals surface area contributed by atoms with E-state index in [1.165, 1.54) is 0 Å². The lowest BCUT2D eigenvalue weighted by Crippen LogP contribution is -2.48. The summed E-state index contributed by atoms with van der Waals surface area (Å²) in [5, 5.41) is 20.0. The van der Waals surface area contributed by atoms with Gasteiger partial charge in [0.1, 0.15) is 12.4 Å². The maximum Gasteiger partial charge on any atom is 0.252 e. The Bertz CT molecular complexity index is 766. The molecule has 2 amide bonds. The van der Waals surface area contributed by atoms with Crippen molar-refractivity contribution in [1.29, 1.82) is 0 Å². The van der Waals surface area contributed by atoms with Crippen LogP contribution in [0.4, 0.5) is 0 Å². The number of hydrogen-bond acceptors (Lipinski definition) is 5. The second-order valence-corrected chi connectivity index (χ2v) is 9.08. The van der Waals surface area contributed by atoms with Crippen LogP contribution in [0.1, 0.15) is 74.2 Å². The zero-order valence-corrected chi connectivity index (χ0v) is 18.8. The molecule has 3 rings (SSSR count). The Morgan fingerprint density at radius 1 is 1.19 bits per heavy atom. The van der Waals surface area contributed by atoms with Crippen LogP contribution < -0.4 is 5.73 Å². The summed E-state index contributed by atoms with van der Waals surface area (Å²) in [6.07, 6.45) is 6.11. The Morgan fingerprint density at radius 3 is 2.39 bits per heavy atom. The van der Waals surface area contributed by atoms with Gasteiger partial charge < -0.3 is 20.8 Å². The monoisotopic (exact) mass is 431 g/mol. The molecule has 2 unspecified atom stereocenters. The van der Waals surface area contributed by atoms with Gasteiger partial charge in [0, 0.05) is 31.7 Å². The number of aliphatic hydroxyl groups is 1. The van der Waals surface area contributed by atoms with Crippen LogP contribution in [0, 0.1) is 5.92 Å². The summed E-state index contributed by atoms with van der Waals surface area (Å²) in [7, 11) is 0. The van der Waals surface area contributed by atoms with E-state index in [9.17, 15) is 19.8 Å². The van der Waals surface area contributed by atoms with E-state index in [-0.39, 0.29) is 23.1 Å². The molecule has 2 fully saturated rings. The average molecular weight is 432 g/mol. The van der Waals surface area contributed by atoms with Crippen molar-refractivity contribution in [2.75, 3.05) is 26.2 Å². The number of fused-ring (bicyclic) bond motifs is 2. The molecule has 0 spiro atoms. The number of nitrogens with zero attached hydrogens (tertiary/aromatic N) is 2. The van der Waals surface area contributed by atoms with Crippen molar-refractivity contribution in [1.82, 2.24) is 9.80 Å². The molecule has 1 aromatic rings. The van der Waals surface area contributed by atoms with Gasteiger partial charge in [0.2, 0.25) is 5.91 Å². The van der Waals surface area contributed by atoms with Crippen molar-refractivity contribution in [2.24, 2.45) is 11.7 Å². The van der Waals surface area contributed by atoms with Crippen LogP contribution in [0.5, 0.6) is 5.75 Å². The molecule has 172 valence electrons.